The fourth-order valence-corrected chi connectivity index (χ4v) is 3.89. The molecule has 100 valence electrons. The van der Waals surface area contributed by atoms with Crippen LogP contribution in [0, 0.1) is 11.3 Å². The zero-order chi connectivity index (χ0) is 12.5. The Balaban J connectivity index is 2.11. The maximum atomic E-state index is 6.04. The average Bonchev–Trinajstić information content (AvgIpc) is 2.60. The van der Waals surface area contributed by atoms with Gasteiger partial charge in [0, 0.05) is 19.1 Å². The molecule has 0 amide bonds. The molecule has 1 saturated heterocycles. The van der Waals surface area contributed by atoms with Gasteiger partial charge in [-0.3, -0.25) is 0 Å². The van der Waals surface area contributed by atoms with E-state index in [1.807, 2.05) is 7.11 Å². The van der Waals surface area contributed by atoms with Crippen molar-refractivity contribution in [1.29, 1.82) is 0 Å². The molecule has 0 radical (unpaired) electrons. The summed E-state index contributed by atoms with van der Waals surface area (Å²) in [5, 5.41) is 0. The number of hydrogen-bond acceptors (Lipinski definition) is 2. The number of hydrogen-bond donors (Lipinski definition) is 0. The third-order valence-corrected chi connectivity index (χ3v) is 4.89. The Bertz CT molecular complexity index is 264. The van der Waals surface area contributed by atoms with Gasteiger partial charge in [0.1, 0.15) is 0 Å². The second-order valence-electron chi connectivity index (χ2n) is 6.79. The highest BCUT2D eigenvalue weighted by Gasteiger charge is 2.50. The van der Waals surface area contributed by atoms with E-state index in [1.54, 1.807) is 0 Å². The van der Waals surface area contributed by atoms with E-state index in [0.717, 1.165) is 12.5 Å². The van der Waals surface area contributed by atoms with Crippen LogP contribution in [-0.2, 0) is 9.47 Å². The number of methoxy groups -OCH3 is 1. The Kier molecular flexibility index (Phi) is 3.84. The van der Waals surface area contributed by atoms with E-state index in [-0.39, 0.29) is 5.60 Å². The average molecular weight is 240 g/mol. The first-order valence-electron chi connectivity index (χ1n) is 7.16. The van der Waals surface area contributed by atoms with Crippen LogP contribution >= 0.6 is 0 Å². The van der Waals surface area contributed by atoms with Crippen LogP contribution in [0.25, 0.3) is 0 Å². The van der Waals surface area contributed by atoms with Gasteiger partial charge in [-0.25, -0.2) is 0 Å². The molecule has 0 aromatic rings. The van der Waals surface area contributed by atoms with Gasteiger partial charge in [0.2, 0.25) is 0 Å². The lowest BCUT2D eigenvalue weighted by Gasteiger charge is -2.46. The normalized spacial score (nSPS) is 42.5. The number of ether oxygens (including phenoxy) is 2. The summed E-state index contributed by atoms with van der Waals surface area (Å²) in [4.78, 5) is 0. The van der Waals surface area contributed by atoms with Gasteiger partial charge in [-0.15, -0.1) is 0 Å². The summed E-state index contributed by atoms with van der Waals surface area (Å²) < 4.78 is 11.8. The van der Waals surface area contributed by atoms with E-state index < -0.39 is 0 Å². The van der Waals surface area contributed by atoms with Crippen molar-refractivity contribution in [3.63, 3.8) is 0 Å². The van der Waals surface area contributed by atoms with Crippen LogP contribution in [-0.4, -0.2) is 25.4 Å². The molecule has 1 aliphatic carbocycles. The summed E-state index contributed by atoms with van der Waals surface area (Å²) in [6, 6.07) is 0. The summed E-state index contributed by atoms with van der Waals surface area (Å²) in [7, 11) is 1.87. The lowest BCUT2D eigenvalue weighted by Crippen LogP contribution is -2.45. The molecule has 0 aromatic heterocycles. The van der Waals surface area contributed by atoms with Crippen molar-refractivity contribution in [3.05, 3.63) is 0 Å². The van der Waals surface area contributed by atoms with Crippen LogP contribution in [0.3, 0.4) is 0 Å². The molecule has 3 unspecified atom stereocenters. The molecule has 0 bridgehead atoms. The van der Waals surface area contributed by atoms with Gasteiger partial charge in [0.15, 0.2) is 0 Å². The van der Waals surface area contributed by atoms with Crippen molar-refractivity contribution >= 4 is 0 Å². The van der Waals surface area contributed by atoms with Gasteiger partial charge in [0.05, 0.1) is 11.7 Å². The predicted octanol–water partition coefficient (Wildman–Crippen LogP) is 3.79. The topological polar surface area (TPSA) is 18.5 Å². The molecular formula is C15H28O2. The van der Waals surface area contributed by atoms with E-state index in [9.17, 15) is 0 Å². The Morgan fingerprint density at radius 1 is 1.29 bits per heavy atom. The highest BCUT2D eigenvalue weighted by molar-refractivity contribution is 5.00. The number of rotatable bonds is 3. The second-order valence-corrected chi connectivity index (χ2v) is 6.79. The largest absolute Gasteiger partial charge is 0.379 e. The first-order valence-corrected chi connectivity index (χ1v) is 7.16. The van der Waals surface area contributed by atoms with Gasteiger partial charge in [0.25, 0.3) is 0 Å². The lowest BCUT2D eigenvalue weighted by molar-refractivity contribution is -0.0910. The summed E-state index contributed by atoms with van der Waals surface area (Å²) in [6.07, 6.45) is 7.94. The Labute approximate surface area is 106 Å². The molecule has 2 aliphatic rings. The van der Waals surface area contributed by atoms with Crippen molar-refractivity contribution < 1.29 is 9.47 Å². The van der Waals surface area contributed by atoms with Gasteiger partial charge < -0.3 is 9.47 Å². The van der Waals surface area contributed by atoms with E-state index in [4.69, 9.17) is 9.47 Å². The molecule has 0 N–H and O–H groups in total. The van der Waals surface area contributed by atoms with Gasteiger partial charge in [-0.2, -0.15) is 0 Å². The Morgan fingerprint density at radius 2 is 2.06 bits per heavy atom. The van der Waals surface area contributed by atoms with Crippen molar-refractivity contribution in [1.82, 2.24) is 0 Å². The summed E-state index contributed by atoms with van der Waals surface area (Å²) in [6.45, 7) is 7.83. The summed E-state index contributed by atoms with van der Waals surface area (Å²) in [5.74, 6) is 0.728. The van der Waals surface area contributed by atoms with Crippen LogP contribution in [0.2, 0.25) is 0 Å². The van der Waals surface area contributed by atoms with Gasteiger partial charge in [-0.05, 0) is 51.4 Å². The fourth-order valence-electron chi connectivity index (χ4n) is 3.89. The quantitative estimate of drug-likeness (QED) is 0.747. The molecule has 0 aromatic carbocycles. The standard InChI is InChI=1S/C15H28O2/c1-12(2)10-13-15(8-9-17-13)7-5-6-14(3,11-15)16-4/h12-13H,5-11H2,1-4H3. The predicted molar refractivity (Wildman–Crippen MR) is 70.1 cm³/mol. The smallest absolute Gasteiger partial charge is 0.0657 e. The molecule has 2 fully saturated rings. The van der Waals surface area contributed by atoms with Crippen LogP contribution in [0.5, 0.6) is 0 Å². The molecule has 1 heterocycles. The van der Waals surface area contributed by atoms with Gasteiger partial charge in [-0.1, -0.05) is 13.8 Å². The first-order chi connectivity index (χ1) is 8.00. The molecule has 2 nitrogen and oxygen atoms in total. The van der Waals surface area contributed by atoms with Crippen LogP contribution in [0.4, 0.5) is 0 Å². The second kappa shape index (κ2) is 4.89. The van der Waals surface area contributed by atoms with Crippen LogP contribution in [0.15, 0.2) is 0 Å². The third kappa shape index (κ3) is 2.68. The third-order valence-electron chi connectivity index (χ3n) is 4.89. The molecular weight excluding hydrogens is 212 g/mol. The minimum Gasteiger partial charge on any atom is -0.379 e. The van der Waals surface area contributed by atoms with Crippen molar-refractivity contribution in [3.8, 4) is 0 Å². The minimum absolute atomic E-state index is 0.0845. The Morgan fingerprint density at radius 3 is 2.71 bits per heavy atom. The van der Waals surface area contributed by atoms with Crippen molar-refractivity contribution in [2.45, 2.75) is 71.0 Å². The molecule has 1 aliphatic heterocycles. The minimum atomic E-state index is 0.0845. The molecule has 17 heavy (non-hydrogen) atoms. The fraction of sp³-hybridized carbons (Fsp3) is 1.00. The van der Waals surface area contributed by atoms with Crippen LogP contribution < -0.4 is 0 Å². The van der Waals surface area contributed by atoms with Crippen LogP contribution in [0.1, 0.15) is 59.3 Å². The van der Waals surface area contributed by atoms with Crippen molar-refractivity contribution in [2.24, 2.45) is 11.3 Å². The van der Waals surface area contributed by atoms with E-state index in [1.165, 1.54) is 38.5 Å². The van der Waals surface area contributed by atoms with Crippen molar-refractivity contribution in [2.75, 3.05) is 13.7 Å². The first kappa shape index (κ1) is 13.4. The SMILES string of the molecule is COC1(C)CCCC2(CCOC2CC(C)C)C1. The highest BCUT2D eigenvalue weighted by atomic mass is 16.5. The zero-order valence-corrected chi connectivity index (χ0v) is 11.9. The summed E-state index contributed by atoms with van der Waals surface area (Å²) >= 11 is 0. The molecule has 3 atom stereocenters. The molecule has 2 heteroatoms. The highest BCUT2D eigenvalue weighted by Crippen LogP contribution is 2.52. The summed E-state index contributed by atoms with van der Waals surface area (Å²) in [5.41, 5.74) is 0.495. The van der Waals surface area contributed by atoms with E-state index in [2.05, 4.69) is 20.8 Å². The maximum Gasteiger partial charge on any atom is 0.0657 e. The monoisotopic (exact) mass is 240 g/mol. The zero-order valence-electron chi connectivity index (χ0n) is 11.9. The molecule has 2 rings (SSSR count). The lowest BCUT2D eigenvalue weighted by atomic mass is 9.63. The molecule has 1 saturated carbocycles. The van der Waals surface area contributed by atoms with E-state index in [0.29, 0.717) is 11.5 Å². The molecule has 1 spiro atoms. The Hall–Kier alpha value is -0.0800. The maximum absolute atomic E-state index is 6.04. The van der Waals surface area contributed by atoms with E-state index >= 15 is 0 Å². The van der Waals surface area contributed by atoms with Gasteiger partial charge >= 0.3 is 0 Å².